The Morgan fingerprint density at radius 2 is 2.05 bits per heavy atom. The Morgan fingerprint density at radius 1 is 1.40 bits per heavy atom. The van der Waals surface area contributed by atoms with E-state index >= 15 is 0 Å². The third-order valence-electron chi connectivity index (χ3n) is 2.99. The highest BCUT2D eigenvalue weighted by Gasteiger charge is 2.22. The van der Waals surface area contributed by atoms with Gasteiger partial charge in [-0.1, -0.05) is 18.2 Å². The molecule has 0 spiro atoms. The predicted molar refractivity (Wildman–Crippen MR) is 76.0 cm³/mol. The number of carbonyl (C=O) groups excluding carboxylic acids is 1. The lowest BCUT2D eigenvalue weighted by Gasteiger charge is -2.22. The Morgan fingerprint density at radius 3 is 2.60 bits per heavy atom. The molecule has 0 aliphatic carbocycles. The first-order chi connectivity index (χ1) is 9.47. The van der Waals surface area contributed by atoms with Gasteiger partial charge in [0, 0.05) is 32.9 Å². The van der Waals surface area contributed by atoms with Gasteiger partial charge < -0.3 is 15.2 Å². The Kier molecular flexibility index (Phi) is 5.99. The number of urea groups is 1. The van der Waals surface area contributed by atoms with Crippen LogP contribution >= 0.6 is 0 Å². The maximum absolute atomic E-state index is 12.1. The van der Waals surface area contributed by atoms with Crippen LogP contribution in [0.2, 0.25) is 0 Å². The third-order valence-corrected chi connectivity index (χ3v) is 2.99. The fourth-order valence-corrected chi connectivity index (χ4v) is 1.79. The maximum atomic E-state index is 12.1. The van der Waals surface area contributed by atoms with Crippen molar-refractivity contribution in [1.82, 2.24) is 5.32 Å². The van der Waals surface area contributed by atoms with Crippen LogP contribution in [0.5, 0.6) is 0 Å². The van der Waals surface area contributed by atoms with Gasteiger partial charge in [-0.2, -0.15) is 0 Å². The van der Waals surface area contributed by atoms with Crippen molar-refractivity contribution < 1.29 is 19.4 Å². The van der Waals surface area contributed by atoms with Crippen molar-refractivity contribution >= 4 is 17.7 Å². The average molecular weight is 280 g/mol. The lowest BCUT2D eigenvalue weighted by molar-refractivity contribution is -0.139. The number of carboxylic acid groups (broad SMARTS) is 1. The van der Waals surface area contributed by atoms with Crippen LogP contribution < -0.4 is 10.2 Å². The van der Waals surface area contributed by atoms with E-state index in [0.29, 0.717) is 0 Å². The van der Waals surface area contributed by atoms with E-state index in [1.807, 2.05) is 25.1 Å². The first-order valence-electron chi connectivity index (χ1n) is 6.29. The number of carboxylic acids is 1. The van der Waals surface area contributed by atoms with Gasteiger partial charge in [-0.05, 0) is 18.6 Å². The summed E-state index contributed by atoms with van der Waals surface area (Å²) >= 11 is 0. The maximum Gasteiger partial charge on any atom is 0.326 e. The summed E-state index contributed by atoms with van der Waals surface area (Å²) in [6.45, 7) is 2.16. The van der Waals surface area contributed by atoms with Crippen LogP contribution in [-0.2, 0) is 9.53 Å². The second-order valence-corrected chi connectivity index (χ2v) is 4.47. The van der Waals surface area contributed by atoms with Gasteiger partial charge in [0.2, 0.25) is 0 Å². The van der Waals surface area contributed by atoms with E-state index in [2.05, 4.69) is 5.32 Å². The molecular weight excluding hydrogens is 260 g/mol. The molecule has 1 atom stereocenters. The molecule has 1 rings (SSSR count). The second kappa shape index (κ2) is 7.49. The molecule has 0 aromatic heterocycles. The third kappa shape index (κ3) is 4.24. The van der Waals surface area contributed by atoms with E-state index in [1.165, 1.54) is 12.0 Å². The largest absolute Gasteiger partial charge is 0.480 e. The SMILES string of the molecule is COCCC(NC(=O)N(C)c1ccccc1C)C(=O)O. The minimum Gasteiger partial charge on any atom is -0.480 e. The summed E-state index contributed by atoms with van der Waals surface area (Å²) in [5.74, 6) is -1.08. The van der Waals surface area contributed by atoms with Gasteiger partial charge in [-0.3, -0.25) is 4.90 Å². The van der Waals surface area contributed by atoms with Crippen molar-refractivity contribution in [2.45, 2.75) is 19.4 Å². The van der Waals surface area contributed by atoms with E-state index in [-0.39, 0.29) is 13.0 Å². The molecule has 20 heavy (non-hydrogen) atoms. The summed E-state index contributed by atoms with van der Waals surface area (Å²) in [6.07, 6.45) is 0.221. The number of hydrogen-bond acceptors (Lipinski definition) is 3. The standard InChI is InChI=1S/C14H20N2O4/c1-10-6-4-5-7-12(10)16(2)14(19)15-11(13(17)18)8-9-20-3/h4-7,11H,8-9H2,1-3H3,(H,15,19)(H,17,18). The molecule has 110 valence electrons. The summed E-state index contributed by atoms with van der Waals surface area (Å²) < 4.78 is 4.84. The Balaban J connectivity index is 2.73. The highest BCUT2D eigenvalue weighted by Crippen LogP contribution is 2.17. The smallest absolute Gasteiger partial charge is 0.326 e. The average Bonchev–Trinajstić information content (AvgIpc) is 2.42. The number of amides is 2. The second-order valence-electron chi connectivity index (χ2n) is 4.47. The molecule has 0 radical (unpaired) electrons. The predicted octanol–water partition coefficient (Wildman–Crippen LogP) is 1.63. The van der Waals surface area contributed by atoms with Crippen LogP contribution in [0.25, 0.3) is 0 Å². The number of methoxy groups -OCH3 is 1. The first-order valence-corrected chi connectivity index (χ1v) is 6.29. The number of aliphatic carboxylic acids is 1. The zero-order valence-electron chi connectivity index (χ0n) is 11.9. The van der Waals surface area contributed by atoms with Crippen LogP contribution in [-0.4, -0.2) is 43.9 Å². The number of benzene rings is 1. The molecule has 2 N–H and O–H groups in total. The Hall–Kier alpha value is -2.08. The topological polar surface area (TPSA) is 78.9 Å². The number of aryl methyl sites for hydroxylation is 1. The fraction of sp³-hybridized carbons (Fsp3) is 0.429. The van der Waals surface area contributed by atoms with Crippen LogP contribution in [0.3, 0.4) is 0 Å². The van der Waals surface area contributed by atoms with Crippen molar-refractivity contribution in [3.8, 4) is 0 Å². The van der Waals surface area contributed by atoms with Crippen molar-refractivity contribution in [3.63, 3.8) is 0 Å². The molecule has 0 fully saturated rings. The van der Waals surface area contributed by atoms with Gasteiger partial charge in [0.05, 0.1) is 0 Å². The first kappa shape index (κ1) is 16.0. The molecule has 0 aliphatic heterocycles. The number of ether oxygens (including phenoxy) is 1. The number of nitrogens with one attached hydrogen (secondary N) is 1. The molecule has 1 aromatic rings. The molecular formula is C14H20N2O4. The van der Waals surface area contributed by atoms with Crippen molar-refractivity contribution in [1.29, 1.82) is 0 Å². The number of anilines is 1. The van der Waals surface area contributed by atoms with Crippen LogP contribution in [0, 0.1) is 6.92 Å². The van der Waals surface area contributed by atoms with Gasteiger partial charge >= 0.3 is 12.0 Å². The quantitative estimate of drug-likeness (QED) is 0.830. The zero-order chi connectivity index (χ0) is 15.1. The molecule has 0 heterocycles. The van der Waals surface area contributed by atoms with Crippen molar-refractivity contribution in [2.75, 3.05) is 25.7 Å². The molecule has 2 amide bonds. The highest BCUT2D eigenvalue weighted by molar-refractivity contribution is 5.94. The van der Waals surface area contributed by atoms with Gasteiger partial charge in [-0.15, -0.1) is 0 Å². The molecule has 0 bridgehead atoms. The summed E-state index contributed by atoms with van der Waals surface area (Å²) in [5, 5.41) is 11.6. The number of carbonyl (C=O) groups is 2. The number of rotatable bonds is 6. The van der Waals surface area contributed by atoms with Crippen LogP contribution in [0.15, 0.2) is 24.3 Å². The fourth-order valence-electron chi connectivity index (χ4n) is 1.79. The molecule has 6 nitrogen and oxygen atoms in total. The normalized spacial score (nSPS) is 11.8. The minimum absolute atomic E-state index is 0.221. The molecule has 1 unspecified atom stereocenters. The summed E-state index contributed by atoms with van der Waals surface area (Å²) in [4.78, 5) is 24.6. The number of nitrogens with zero attached hydrogens (tertiary/aromatic N) is 1. The Labute approximate surface area is 118 Å². The van der Waals surface area contributed by atoms with Crippen molar-refractivity contribution in [2.24, 2.45) is 0 Å². The lowest BCUT2D eigenvalue weighted by Crippen LogP contribution is -2.47. The molecule has 0 saturated heterocycles. The van der Waals surface area contributed by atoms with Gasteiger partial charge in [0.1, 0.15) is 6.04 Å². The number of hydrogen-bond donors (Lipinski definition) is 2. The summed E-state index contributed by atoms with van der Waals surface area (Å²) in [7, 11) is 3.09. The monoisotopic (exact) mass is 280 g/mol. The van der Waals surface area contributed by atoms with E-state index in [9.17, 15) is 9.59 Å². The molecule has 6 heteroatoms. The summed E-state index contributed by atoms with van der Waals surface area (Å²) in [5.41, 5.74) is 1.68. The lowest BCUT2D eigenvalue weighted by atomic mass is 10.2. The van der Waals surface area contributed by atoms with E-state index < -0.39 is 18.0 Å². The Bertz CT molecular complexity index is 476. The molecule has 0 aliphatic rings. The van der Waals surface area contributed by atoms with Crippen LogP contribution in [0.1, 0.15) is 12.0 Å². The van der Waals surface area contributed by atoms with Crippen LogP contribution in [0.4, 0.5) is 10.5 Å². The van der Waals surface area contributed by atoms with Gasteiger partial charge in [-0.25, -0.2) is 9.59 Å². The van der Waals surface area contributed by atoms with Gasteiger partial charge in [0.15, 0.2) is 0 Å². The molecule has 1 aromatic carbocycles. The minimum atomic E-state index is -1.08. The molecule has 0 saturated carbocycles. The summed E-state index contributed by atoms with van der Waals surface area (Å²) in [6, 6.07) is 5.98. The van der Waals surface area contributed by atoms with E-state index in [1.54, 1.807) is 13.1 Å². The van der Waals surface area contributed by atoms with E-state index in [4.69, 9.17) is 9.84 Å². The number of para-hydroxylation sites is 1. The van der Waals surface area contributed by atoms with Crippen molar-refractivity contribution in [3.05, 3.63) is 29.8 Å². The highest BCUT2D eigenvalue weighted by atomic mass is 16.5. The zero-order valence-corrected chi connectivity index (χ0v) is 11.9. The van der Waals surface area contributed by atoms with Gasteiger partial charge in [0.25, 0.3) is 0 Å². The van der Waals surface area contributed by atoms with E-state index in [0.717, 1.165) is 11.3 Å².